The Kier molecular flexibility index (Phi) is 6.64. The lowest BCUT2D eigenvalue weighted by molar-refractivity contribution is -0.124. The fourth-order valence-corrected chi connectivity index (χ4v) is 3.94. The Balaban J connectivity index is 1.73. The summed E-state index contributed by atoms with van der Waals surface area (Å²) in [5, 5.41) is 3.22. The van der Waals surface area contributed by atoms with Crippen molar-refractivity contribution in [1.29, 1.82) is 0 Å². The highest BCUT2D eigenvalue weighted by atomic mass is 16.2. The second kappa shape index (κ2) is 8.33. The number of rotatable bonds is 6. The number of piperazine rings is 1. The predicted molar refractivity (Wildman–Crippen MR) is 104 cm³/mol. The average molecular weight is 346 g/mol. The molecule has 4 heteroatoms. The molecule has 140 valence electrons. The van der Waals surface area contributed by atoms with Gasteiger partial charge in [0.1, 0.15) is 0 Å². The largest absolute Gasteiger partial charge is 0.350 e. The van der Waals surface area contributed by atoms with E-state index in [-0.39, 0.29) is 16.9 Å². The van der Waals surface area contributed by atoms with Crippen LogP contribution in [-0.4, -0.2) is 54.0 Å². The molecule has 0 radical (unpaired) electrons. The molecule has 1 amide bonds. The zero-order chi connectivity index (χ0) is 18.5. The van der Waals surface area contributed by atoms with Gasteiger partial charge in [0.05, 0.1) is 6.54 Å². The number of nitrogens with zero attached hydrogens (tertiary/aromatic N) is 2. The van der Waals surface area contributed by atoms with Gasteiger partial charge >= 0.3 is 0 Å². The molecular weight excluding hydrogens is 310 g/mol. The first-order valence-electron chi connectivity index (χ1n) is 9.43. The smallest absolute Gasteiger partial charge is 0.234 e. The SMILES string of the molecule is CC(C)(C)CC(C)(C)NC(=O)CN1CCN(Cc2ccccc2)CC1. The molecule has 0 aliphatic carbocycles. The third-order valence-electron chi connectivity index (χ3n) is 4.53. The van der Waals surface area contributed by atoms with Crippen molar-refractivity contribution in [3.05, 3.63) is 35.9 Å². The van der Waals surface area contributed by atoms with Crippen LogP contribution in [0.5, 0.6) is 0 Å². The van der Waals surface area contributed by atoms with Crippen LogP contribution in [0, 0.1) is 5.41 Å². The third-order valence-corrected chi connectivity index (χ3v) is 4.53. The van der Waals surface area contributed by atoms with Gasteiger partial charge in [0, 0.05) is 38.3 Å². The molecule has 0 aromatic heterocycles. The first kappa shape index (κ1) is 19.9. The van der Waals surface area contributed by atoms with Crippen LogP contribution in [0.15, 0.2) is 30.3 Å². The van der Waals surface area contributed by atoms with Gasteiger partial charge < -0.3 is 5.32 Å². The highest BCUT2D eigenvalue weighted by molar-refractivity contribution is 5.78. The van der Waals surface area contributed by atoms with Gasteiger partial charge in [-0.15, -0.1) is 0 Å². The predicted octanol–water partition coefficient (Wildman–Crippen LogP) is 3.14. The summed E-state index contributed by atoms with van der Waals surface area (Å²) < 4.78 is 0. The molecule has 0 spiro atoms. The van der Waals surface area contributed by atoms with E-state index in [0.29, 0.717) is 6.54 Å². The van der Waals surface area contributed by atoms with E-state index in [1.54, 1.807) is 0 Å². The van der Waals surface area contributed by atoms with E-state index in [2.05, 4.69) is 80.1 Å². The first-order valence-corrected chi connectivity index (χ1v) is 9.43. The van der Waals surface area contributed by atoms with E-state index in [4.69, 9.17) is 0 Å². The summed E-state index contributed by atoms with van der Waals surface area (Å²) in [6.07, 6.45) is 0.969. The zero-order valence-electron chi connectivity index (χ0n) is 16.6. The lowest BCUT2D eigenvalue weighted by Gasteiger charge is -2.36. The molecule has 1 aliphatic rings. The van der Waals surface area contributed by atoms with Crippen molar-refractivity contribution in [2.24, 2.45) is 5.41 Å². The molecule has 1 aromatic rings. The molecule has 1 N–H and O–H groups in total. The summed E-state index contributed by atoms with van der Waals surface area (Å²) in [5.41, 5.74) is 1.40. The Bertz CT molecular complexity index is 540. The summed E-state index contributed by atoms with van der Waals surface area (Å²) in [7, 11) is 0. The molecular formula is C21H35N3O. The molecule has 0 bridgehead atoms. The number of benzene rings is 1. The number of carbonyl (C=O) groups excluding carboxylic acids is 1. The Morgan fingerprint density at radius 3 is 2.08 bits per heavy atom. The summed E-state index contributed by atoms with van der Waals surface area (Å²) >= 11 is 0. The zero-order valence-corrected chi connectivity index (χ0v) is 16.6. The molecule has 4 nitrogen and oxygen atoms in total. The molecule has 2 rings (SSSR count). The summed E-state index contributed by atoms with van der Waals surface area (Å²) in [4.78, 5) is 17.2. The van der Waals surface area contributed by atoms with Gasteiger partial charge in [-0.3, -0.25) is 14.6 Å². The Morgan fingerprint density at radius 1 is 0.960 bits per heavy atom. The van der Waals surface area contributed by atoms with Crippen molar-refractivity contribution >= 4 is 5.91 Å². The minimum Gasteiger partial charge on any atom is -0.350 e. The van der Waals surface area contributed by atoms with E-state index >= 15 is 0 Å². The number of hydrogen-bond donors (Lipinski definition) is 1. The second-order valence-electron chi connectivity index (χ2n) is 9.21. The first-order chi connectivity index (χ1) is 11.6. The van der Waals surface area contributed by atoms with Crippen LogP contribution in [0.25, 0.3) is 0 Å². The van der Waals surface area contributed by atoms with Crippen molar-refractivity contribution in [1.82, 2.24) is 15.1 Å². The highest BCUT2D eigenvalue weighted by Gasteiger charge is 2.28. The fraction of sp³-hybridized carbons (Fsp3) is 0.667. The van der Waals surface area contributed by atoms with Crippen LogP contribution >= 0.6 is 0 Å². The van der Waals surface area contributed by atoms with E-state index in [1.807, 2.05) is 0 Å². The topological polar surface area (TPSA) is 35.6 Å². The Hall–Kier alpha value is -1.39. The van der Waals surface area contributed by atoms with E-state index in [9.17, 15) is 4.79 Å². The molecule has 25 heavy (non-hydrogen) atoms. The maximum Gasteiger partial charge on any atom is 0.234 e. The molecule has 0 atom stereocenters. The van der Waals surface area contributed by atoms with Gasteiger partial charge in [0.15, 0.2) is 0 Å². The van der Waals surface area contributed by atoms with Crippen molar-refractivity contribution in [2.45, 2.75) is 53.1 Å². The van der Waals surface area contributed by atoms with E-state index in [0.717, 1.165) is 39.1 Å². The van der Waals surface area contributed by atoms with Crippen LogP contribution in [-0.2, 0) is 11.3 Å². The third kappa shape index (κ3) is 7.57. The fourth-order valence-electron chi connectivity index (χ4n) is 3.94. The molecule has 0 unspecified atom stereocenters. The Morgan fingerprint density at radius 2 is 1.52 bits per heavy atom. The van der Waals surface area contributed by atoms with Crippen LogP contribution in [0.2, 0.25) is 0 Å². The number of carbonyl (C=O) groups is 1. The monoisotopic (exact) mass is 345 g/mol. The van der Waals surface area contributed by atoms with Gasteiger partial charge in [-0.25, -0.2) is 0 Å². The molecule has 1 saturated heterocycles. The second-order valence-corrected chi connectivity index (χ2v) is 9.21. The number of amides is 1. The van der Waals surface area contributed by atoms with Gasteiger partial charge in [0.2, 0.25) is 5.91 Å². The molecule has 0 saturated carbocycles. The van der Waals surface area contributed by atoms with Crippen molar-refractivity contribution in [3.63, 3.8) is 0 Å². The number of hydrogen-bond acceptors (Lipinski definition) is 3. The minimum absolute atomic E-state index is 0.144. The van der Waals surface area contributed by atoms with Crippen molar-refractivity contribution < 1.29 is 4.79 Å². The van der Waals surface area contributed by atoms with Crippen LogP contribution in [0.3, 0.4) is 0 Å². The number of nitrogens with one attached hydrogen (secondary N) is 1. The highest BCUT2D eigenvalue weighted by Crippen LogP contribution is 2.26. The molecule has 1 fully saturated rings. The van der Waals surface area contributed by atoms with E-state index < -0.39 is 0 Å². The maximum atomic E-state index is 12.4. The van der Waals surface area contributed by atoms with Crippen molar-refractivity contribution in [2.75, 3.05) is 32.7 Å². The van der Waals surface area contributed by atoms with Crippen LogP contribution in [0.1, 0.15) is 46.6 Å². The van der Waals surface area contributed by atoms with Gasteiger partial charge in [-0.2, -0.15) is 0 Å². The average Bonchev–Trinajstić information content (AvgIpc) is 2.47. The van der Waals surface area contributed by atoms with Gasteiger partial charge in [0.25, 0.3) is 0 Å². The Labute approximate surface area is 153 Å². The summed E-state index contributed by atoms with van der Waals surface area (Å²) in [6, 6.07) is 10.6. The minimum atomic E-state index is -0.162. The summed E-state index contributed by atoms with van der Waals surface area (Å²) in [6.45, 7) is 16.3. The van der Waals surface area contributed by atoms with Crippen molar-refractivity contribution in [3.8, 4) is 0 Å². The molecule has 1 aliphatic heterocycles. The lowest BCUT2D eigenvalue weighted by atomic mass is 9.82. The maximum absolute atomic E-state index is 12.4. The standard InChI is InChI=1S/C21H35N3O/c1-20(2,3)17-21(4,5)22-19(25)16-24-13-11-23(12-14-24)15-18-9-7-6-8-10-18/h6-10H,11-17H2,1-5H3,(H,22,25). The van der Waals surface area contributed by atoms with Crippen LogP contribution < -0.4 is 5.32 Å². The van der Waals surface area contributed by atoms with Gasteiger partial charge in [-0.05, 0) is 31.2 Å². The van der Waals surface area contributed by atoms with Crippen LogP contribution in [0.4, 0.5) is 0 Å². The normalized spacial score (nSPS) is 17.5. The lowest BCUT2D eigenvalue weighted by Crippen LogP contribution is -2.52. The molecule has 1 heterocycles. The van der Waals surface area contributed by atoms with E-state index in [1.165, 1.54) is 5.56 Å². The summed E-state index contributed by atoms with van der Waals surface area (Å²) in [5.74, 6) is 0.144. The van der Waals surface area contributed by atoms with Gasteiger partial charge in [-0.1, -0.05) is 51.1 Å². The molecule has 1 aromatic carbocycles. The quantitative estimate of drug-likeness (QED) is 0.860.